The first-order valence-electron chi connectivity index (χ1n) is 6.47. The van der Waals surface area contributed by atoms with E-state index in [-0.39, 0.29) is 17.5 Å². The first kappa shape index (κ1) is 17.1. The van der Waals surface area contributed by atoms with E-state index in [1.54, 1.807) is 17.6 Å². The molecule has 7 heteroatoms. The number of hydrogen-bond acceptors (Lipinski definition) is 4. The molecule has 0 saturated heterocycles. The van der Waals surface area contributed by atoms with Crippen molar-refractivity contribution in [3.8, 4) is 0 Å². The summed E-state index contributed by atoms with van der Waals surface area (Å²) in [6, 6.07) is -0.366. The van der Waals surface area contributed by atoms with Crippen molar-refractivity contribution in [2.24, 2.45) is 0 Å². The van der Waals surface area contributed by atoms with E-state index in [0.29, 0.717) is 12.3 Å². The van der Waals surface area contributed by atoms with Gasteiger partial charge < -0.3 is 10.6 Å². The van der Waals surface area contributed by atoms with Crippen molar-refractivity contribution in [3.05, 3.63) is 16.1 Å². The van der Waals surface area contributed by atoms with Gasteiger partial charge in [0.05, 0.1) is 17.2 Å². The highest BCUT2D eigenvalue weighted by Gasteiger charge is 2.18. The zero-order chi connectivity index (χ0) is 15.3. The van der Waals surface area contributed by atoms with Crippen LogP contribution in [0.15, 0.2) is 5.38 Å². The zero-order valence-electron chi connectivity index (χ0n) is 12.6. The second-order valence-electron chi connectivity index (χ2n) is 5.86. The molecular weight excluding hydrogens is 294 g/mol. The molecule has 1 aromatic heterocycles. The monoisotopic (exact) mass is 317 g/mol. The molecule has 0 fully saturated rings. The molecule has 2 unspecified atom stereocenters. The first-order valence-corrected chi connectivity index (χ1v) is 9.08. The maximum atomic E-state index is 11.7. The van der Waals surface area contributed by atoms with E-state index < -0.39 is 10.8 Å². The topological polar surface area (TPSA) is 71.1 Å². The third-order valence-corrected chi connectivity index (χ3v) is 4.77. The average Bonchev–Trinajstić information content (AvgIpc) is 2.73. The largest absolute Gasteiger partial charge is 0.335 e. The van der Waals surface area contributed by atoms with Crippen molar-refractivity contribution in [1.29, 1.82) is 0 Å². The standard InChI is InChI=1S/C13H23N3O2S2/c1-9(8-20(5)18)15-12(17)14-6-10-7-19-11(16-10)13(2,3)4/h7,9H,6,8H2,1-5H3,(H2,14,15,17). The van der Waals surface area contributed by atoms with Crippen LogP contribution in [0.3, 0.4) is 0 Å². The molecule has 5 nitrogen and oxygen atoms in total. The molecule has 1 aromatic rings. The number of urea groups is 1. The SMILES string of the molecule is CC(CS(C)=O)NC(=O)NCc1csc(C(C)(C)C)n1. The van der Waals surface area contributed by atoms with Crippen LogP contribution in [-0.4, -0.2) is 33.3 Å². The van der Waals surface area contributed by atoms with Gasteiger partial charge in [0.2, 0.25) is 0 Å². The molecule has 0 saturated carbocycles. The Balaban J connectivity index is 2.41. The summed E-state index contributed by atoms with van der Waals surface area (Å²) in [5.41, 5.74) is 0.895. The number of aromatic nitrogens is 1. The van der Waals surface area contributed by atoms with Gasteiger partial charge in [-0.05, 0) is 6.92 Å². The van der Waals surface area contributed by atoms with Gasteiger partial charge in [-0.2, -0.15) is 0 Å². The number of nitrogens with one attached hydrogen (secondary N) is 2. The Bertz CT molecular complexity index is 480. The smallest absolute Gasteiger partial charge is 0.315 e. The lowest BCUT2D eigenvalue weighted by Gasteiger charge is -2.14. The Morgan fingerprint density at radius 2 is 2.15 bits per heavy atom. The number of carbonyl (C=O) groups is 1. The highest BCUT2D eigenvalue weighted by atomic mass is 32.2. The molecular formula is C13H23N3O2S2. The second kappa shape index (κ2) is 7.17. The molecule has 2 N–H and O–H groups in total. The molecule has 0 radical (unpaired) electrons. The zero-order valence-corrected chi connectivity index (χ0v) is 14.3. The fourth-order valence-electron chi connectivity index (χ4n) is 1.57. The highest BCUT2D eigenvalue weighted by Crippen LogP contribution is 2.25. The maximum Gasteiger partial charge on any atom is 0.315 e. The summed E-state index contributed by atoms with van der Waals surface area (Å²) < 4.78 is 11.0. The maximum absolute atomic E-state index is 11.7. The van der Waals surface area contributed by atoms with Crippen LogP contribution in [0.5, 0.6) is 0 Å². The molecule has 20 heavy (non-hydrogen) atoms. The summed E-state index contributed by atoms with van der Waals surface area (Å²) >= 11 is 1.61. The molecule has 0 spiro atoms. The van der Waals surface area contributed by atoms with Crippen LogP contribution >= 0.6 is 11.3 Å². The van der Waals surface area contributed by atoms with Crippen LogP contribution in [0.2, 0.25) is 0 Å². The number of thiazole rings is 1. The van der Waals surface area contributed by atoms with Gasteiger partial charge in [-0.25, -0.2) is 9.78 Å². The second-order valence-corrected chi connectivity index (χ2v) is 8.20. The van der Waals surface area contributed by atoms with E-state index in [2.05, 4.69) is 36.4 Å². The van der Waals surface area contributed by atoms with Gasteiger partial charge in [-0.3, -0.25) is 4.21 Å². The lowest BCUT2D eigenvalue weighted by molar-refractivity contribution is 0.238. The van der Waals surface area contributed by atoms with Gasteiger partial charge in [0, 0.05) is 39.6 Å². The summed E-state index contributed by atoms with van der Waals surface area (Å²) in [6.45, 7) is 8.58. The highest BCUT2D eigenvalue weighted by molar-refractivity contribution is 7.84. The molecule has 114 valence electrons. The van der Waals surface area contributed by atoms with E-state index >= 15 is 0 Å². The van der Waals surface area contributed by atoms with Gasteiger partial charge in [0.15, 0.2) is 0 Å². The predicted molar refractivity (Wildman–Crippen MR) is 84.6 cm³/mol. The molecule has 2 amide bonds. The molecule has 0 bridgehead atoms. The van der Waals surface area contributed by atoms with Gasteiger partial charge in [-0.1, -0.05) is 20.8 Å². The molecule has 1 rings (SSSR count). The lowest BCUT2D eigenvalue weighted by Crippen LogP contribution is -2.42. The van der Waals surface area contributed by atoms with Crippen LogP contribution in [0.25, 0.3) is 0 Å². The molecule has 0 aliphatic heterocycles. The summed E-state index contributed by atoms with van der Waals surface area (Å²) in [4.78, 5) is 16.2. The Kier molecular flexibility index (Phi) is 6.13. The number of rotatable bonds is 5. The Labute approximate surface area is 127 Å². The summed E-state index contributed by atoms with van der Waals surface area (Å²) in [5.74, 6) is 0.457. The lowest BCUT2D eigenvalue weighted by atomic mass is 9.98. The Morgan fingerprint density at radius 1 is 1.50 bits per heavy atom. The number of hydrogen-bond donors (Lipinski definition) is 2. The van der Waals surface area contributed by atoms with Crippen LogP contribution in [0.4, 0.5) is 4.79 Å². The van der Waals surface area contributed by atoms with Gasteiger partial charge >= 0.3 is 6.03 Å². The van der Waals surface area contributed by atoms with Crippen LogP contribution in [0.1, 0.15) is 38.4 Å². The van der Waals surface area contributed by atoms with Crippen molar-refractivity contribution < 1.29 is 9.00 Å². The number of carbonyl (C=O) groups excluding carboxylic acids is 1. The first-order chi connectivity index (χ1) is 9.18. The van der Waals surface area contributed by atoms with Gasteiger partial charge in [-0.15, -0.1) is 11.3 Å². The fourth-order valence-corrected chi connectivity index (χ4v) is 3.27. The summed E-state index contributed by atoms with van der Waals surface area (Å²) in [6.07, 6.45) is 1.62. The van der Waals surface area contributed by atoms with Crippen molar-refractivity contribution >= 4 is 28.2 Å². The molecule has 0 aliphatic carbocycles. The Morgan fingerprint density at radius 3 is 2.65 bits per heavy atom. The number of amides is 2. The minimum atomic E-state index is -0.912. The fraction of sp³-hybridized carbons (Fsp3) is 0.692. The normalized spacial score (nSPS) is 14.7. The van der Waals surface area contributed by atoms with Crippen molar-refractivity contribution in [2.75, 3.05) is 12.0 Å². The van der Waals surface area contributed by atoms with Crippen molar-refractivity contribution in [2.45, 2.75) is 45.7 Å². The third kappa shape index (κ3) is 6.00. The van der Waals surface area contributed by atoms with Crippen LogP contribution in [-0.2, 0) is 22.8 Å². The van der Waals surface area contributed by atoms with E-state index in [0.717, 1.165) is 10.7 Å². The molecule has 1 heterocycles. The molecule has 0 aliphatic rings. The van der Waals surface area contributed by atoms with E-state index in [1.165, 1.54) is 0 Å². The minimum Gasteiger partial charge on any atom is -0.335 e. The Hall–Kier alpha value is -0.950. The van der Waals surface area contributed by atoms with Gasteiger partial charge in [0.25, 0.3) is 0 Å². The average molecular weight is 317 g/mol. The van der Waals surface area contributed by atoms with Crippen LogP contribution < -0.4 is 10.6 Å². The van der Waals surface area contributed by atoms with E-state index in [1.807, 2.05) is 12.3 Å². The molecule has 2 atom stereocenters. The summed E-state index contributed by atoms with van der Waals surface area (Å²) in [5, 5.41) is 8.54. The van der Waals surface area contributed by atoms with Gasteiger partial charge in [0.1, 0.15) is 0 Å². The minimum absolute atomic E-state index is 0.0326. The predicted octanol–water partition coefficient (Wildman–Crippen LogP) is 2.01. The van der Waals surface area contributed by atoms with Crippen LogP contribution in [0, 0.1) is 0 Å². The van der Waals surface area contributed by atoms with Crippen molar-refractivity contribution in [1.82, 2.24) is 15.6 Å². The molecule has 0 aromatic carbocycles. The quantitative estimate of drug-likeness (QED) is 0.872. The van der Waals surface area contributed by atoms with Crippen molar-refractivity contribution in [3.63, 3.8) is 0 Å². The number of nitrogens with zero attached hydrogens (tertiary/aromatic N) is 1. The summed E-state index contributed by atoms with van der Waals surface area (Å²) in [7, 11) is -0.912. The van der Waals surface area contributed by atoms with E-state index in [9.17, 15) is 9.00 Å². The van der Waals surface area contributed by atoms with E-state index in [4.69, 9.17) is 0 Å². The third-order valence-electron chi connectivity index (χ3n) is 2.49.